The molecule has 74 valence electrons. The number of allylic oxidation sites excluding steroid dienone is 1. The maximum Gasteiger partial charge on any atom is 0.139 e. The van der Waals surface area contributed by atoms with Crippen LogP contribution in [0.15, 0.2) is 12.2 Å². The predicted molar refractivity (Wildman–Crippen MR) is 55.5 cm³/mol. The minimum Gasteiger partial charge on any atom is -0.299 e. The summed E-state index contributed by atoms with van der Waals surface area (Å²) in [5.41, 5.74) is 1.04. The number of carbonyl (C=O) groups excluding carboxylic acids is 1. The smallest absolute Gasteiger partial charge is 0.139 e. The van der Waals surface area contributed by atoms with Crippen LogP contribution in [0.4, 0.5) is 0 Å². The summed E-state index contributed by atoms with van der Waals surface area (Å²) in [5, 5.41) is 0. The van der Waals surface area contributed by atoms with Crippen molar-refractivity contribution < 1.29 is 4.79 Å². The van der Waals surface area contributed by atoms with E-state index in [0.29, 0.717) is 24.0 Å². The first-order valence-electron chi connectivity index (χ1n) is 5.04. The van der Waals surface area contributed by atoms with E-state index >= 15 is 0 Å². The van der Waals surface area contributed by atoms with Gasteiger partial charge in [-0.1, -0.05) is 32.9 Å². The van der Waals surface area contributed by atoms with Gasteiger partial charge in [0.2, 0.25) is 0 Å². The van der Waals surface area contributed by atoms with Crippen LogP contribution < -0.4 is 0 Å². The maximum atomic E-state index is 11.8. The van der Waals surface area contributed by atoms with E-state index < -0.39 is 0 Å². The lowest BCUT2D eigenvalue weighted by atomic mass is 9.64. The molecule has 1 saturated carbocycles. The number of ketones is 1. The third-order valence-electron chi connectivity index (χ3n) is 3.72. The molecule has 0 amide bonds. The van der Waals surface area contributed by atoms with Gasteiger partial charge in [0.25, 0.3) is 0 Å². The lowest BCUT2D eigenvalue weighted by Gasteiger charge is -2.39. The van der Waals surface area contributed by atoms with Crippen molar-refractivity contribution in [1.29, 1.82) is 0 Å². The molecule has 0 N–H and O–H groups in total. The number of hydrogen-bond donors (Lipinski definition) is 0. The fraction of sp³-hybridized carbons (Fsp3) is 0.750. The second kappa shape index (κ2) is 3.28. The molecule has 0 radical (unpaired) electrons. The monoisotopic (exact) mass is 180 g/mol. The van der Waals surface area contributed by atoms with E-state index in [2.05, 4.69) is 27.4 Å². The molecule has 0 saturated heterocycles. The van der Waals surface area contributed by atoms with Gasteiger partial charge in [-0.2, -0.15) is 0 Å². The average Bonchev–Trinajstić information content (AvgIpc) is 2.00. The van der Waals surface area contributed by atoms with Crippen molar-refractivity contribution in [2.45, 2.75) is 40.5 Å². The fourth-order valence-electron chi connectivity index (χ4n) is 1.94. The average molecular weight is 180 g/mol. The molecule has 1 heteroatoms. The lowest BCUT2D eigenvalue weighted by molar-refractivity contribution is -0.133. The van der Waals surface area contributed by atoms with Gasteiger partial charge in [0.1, 0.15) is 5.78 Å². The van der Waals surface area contributed by atoms with Crippen LogP contribution in [-0.4, -0.2) is 5.78 Å². The van der Waals surface area contributed by atoms with Crippen molar-refractivity contribution in [3.8, 4) is 0 Å². The van der Waals surface area contributed by atoms with E-state index in [1.165, 1.54) is 0 Å². The van der Waals surface area contributed by atoms with Crippen LogP contribution in [0.25, 0.3) is 0 Å². The quantitative estimate of drug-likeness (QED) is 0.566. The van der Waals surface area contributed by atoms with E-state index in [1.54, 1.807) is 0 Å². The van der Waals surface area contributed by atoms with Crippen molar-refractivity contribution >= 4 is 5.78 Å². The molecule has 1 fully saturated rings. The van der Waals surface area contributed by atoms with E-state index in [0.717, 1.165) is 12.0 Å². The Labute approximate surface area is 81.2 Å². The molecule has 2 atom stereocenters. The van der Waals surface area contributed by atoms with Crippen LogP contribution in [0, 0.1) is 17.3 Å². The van der Waals surface area contributed by atoms with Gasteiger partial charge < -0.3 is 0 Å². The highest BCUT2D eigenvalue weighted by Crippen LogP contribution is 2.41. The van der Waals surface area contributed by atoms with Crippen molar-refractivity contribution in [2.24, 2.45) is 17.3 Å². The molecule has 0 aromatic rings. The summed E-state index contributed by atoms with van der Waals surface area (Å²) < 4.78 is 0. The largest absolute Gasteiger partial charge is 0.299 e. The summed E-state index contributed by atoms with van der Waals surface area (Å²) >= 11 is 0. The molecular weight excluding hydrogens is 160 g/mol. The highest BCUT2D eigenvalue weighted by molar-refractivity contribution is 5.85. The van der Waals surface area contributed by atoms with Crippen LogP contribution in [0.1, 0.15) is 40.5 Å². The van der Waals surface area contributed by atoms with Gasteiger partial charge in [-0.05, 0) is 25.2 Å². The molecule has 0 heterocycles. The molecule has 1 nitrogen and oxygen atoms in total. The number of carbonyl (C=O) groups is 1. The standard InChI is InChI=1S/C12H20O/c1-8(2)10-6-9(3)12(4,5)11(13)7-10/h9-10H,1,6-7H2,2-5H3/t9-,10-/m1/s1. The number of hydrogen-bond acceptors (Lipinski definition) is 1. The molecule has 1 aliphatic rings. The lowest BCUT2D eigenvalue weighted by Crippen LogP contribution is -2.39. The van der Waals surface area contributed by atoms with Crippen molar-refractivity contribution in [1.82, 2.24) is 0 Å². The zero-order chi connectivity index (χ0) is 10.2. The Bertz CT molecular complexity index is 238. The van der Waals surface area contributed by atoms with Crippen LogP contribution in [-0.2, 0) is 4.79 Å². The summed E-state index contributed by atoms with van der Waals surface area (Å²) in [6.07, 6.45) is 1.82. The highest BCUT2D eigenvalue weighted by Gasteiger charge is 2.40. The van der Waals surface area contributed by atoms with Crippen molar-refractivity contribution in [2.75, 3.05) is 0 Å². The van der Waals surface area contributed by atoms with E-state index in [1.807, 2.05) is 6.92 Å². The second-order valence-electron chi connectivity index (χ2n) is 5.03. The third-order valence-corrected chi connectivity index (χ3v) is 3.72. The number of Topliss-reactive ketones (excluding diaryl/α,β-unsaturated/α-hetero) is 1. The molecular formula is C12H20O. The maximum absolute atomic E-state index is 11.8. The first-order valence-corrected chi connectivity index (χ1v) is 5.04. The SMILES string of the molecule is C=C(C)[C@H]1CC(=O)C(C)(C)[C@H](C)C1. The molecule has 0 unspecified atom stereocenters. The van der Waals surface area contributed by atoms with Crippen molar-refractivity contribution in [3.63, 3.8) is 0 Å². The summed E-state index contributed by atoms with van der Waals surface area (Å²) in [6.45, 7) is 12.3. The number of rotatable bonds is 1. The topological polar surface area (TPSA) is 17.1 Å². The van der Waals surface area contributed by atoms with E-state index in [-0.39, 0.29) is 5.41 Å². The molecule has 13 heavy (non-hydrogen) atoms. The Morgan fingerprint density at radius 1 is 1.54 bits per heavy atom. The molecule has 1 aliphatic carbocycles. The van der Waals surface area contributed by atoms with Gasteiger partial charge in [0.15, 0.2) is 0 Å². The van der Waals surface area contributed by atoms with Crippen LogP contribution in [0.3, 0.4) is 0 Å². The van der Waals surface area contributed by atoms with E-state index in [4.69, 9.17) is 0 Å². The second-order valence-corrected chi connectivity index (χ2v) is 5.03. The van der Waals surface area contributed by atoms with Gasteiger partial charge in [-0.15, -0.1) is 0 Å². The summed E-state index contributed by atoms with van der Waals surface area (Å²) in [7, 11) is 0. The molecule has 0 aliphatic heterocycles. The van der Waals surface area contributed by atoms with Gasteiger partial charge in [0.05, 0.1) is 0 Å². The van der Waals surface area contributed by atoms with Crippen LogP contribution in [0.2, 0.25) is 0 Å². The Kier molecular flexibility index (Phi) is 2.65. The molecule has 0 aromatic heterocycles. The van der Waals surface area contributed by atoms with Crippen molar-refractivity contribution in [3.05, 3.63) is 12.2 Å². The summed E-state index contributed by atoms with van der Waals surface area (Å²) in [5.74, 6) is 1.31. The Hall–Kier alpha value is -0.590. The van der Waals surface area contributed by atoms with Crippen LogP contribution in [0.5, 0.6) is 0 Å². The normalized spacial score (nSPS) is 33.1. The Balaban J connectivity index is 2.79. The highest BCUT2D eigenvalue weighted by atomic mass is 16.1. The zero-order valence-electron chi connectivity index (χ0n) is 9.18. The minimum absolute atomic E-state index is 0.119. The third kappa shape index (κ3) is 1.84. The predicted octanol–water partition coefficient (Wildman–Crippen LogP) is 3.20. The van der Waals surface area contributed by atoms with Crippen LogP contribution >= 0.6 is 0 Å². The fourth-order valence-corrected chi connectivity index (χ4v) is 1.94. The van der Waals surface area contributed by atoms with Gasteiger partial charge in [0, 0.05) is 11.8 Å². The van der Waals surface area contributed by atoms with Gasteiger partial charge >= 0.3 is 0 Å². The summed E-state index contributed by atoms with van der Waals surface area (Å²) in [6, 6.07) is 0. The summed E-state index contributed by atoms with van der Waals surface area (Å²) in [4.78, 5) is 11.8. The molecule has 1 rings (SSSR count). The van der Waals surface area contributed by atoms with Gasteiger partial charge in [-0.3, -0.25) is 4.79 Å². The minimum atomic E-state index is -0.119. The first-order chi connectivity index (χ1) is 5.85. The molecule has 0 aromatic carbocycles. The Morgan fingerprint density at radius 2 is 2.08 bits per heavy atom. The molecule has 0 bridgehead atoms. The Morgan fingerprint density at radius 3 is 2.46 bits per heavy atom. The first kappa shape index (κ1) is 10.5. The molecule has 0 spiro atoms. The van der Waals surface area contributed by atoms with E-state index in [9.17, 15) is 4.79 Å². The van der Waals surface area contributed by atoms with Gasteiger partial charge in [-0.25, -0.2) is 0 Å². The zero-order valence-corrected chi connectivity index (χ0v) is 9.18.